The standard InChI is InChI=1S/C32H27F6N5O6S/c33-30(34)45-28-9-6-23(17-39-28)50(44)43-18-22(40-41-43)3-1-2-12-42-13-10-19(11-14-42)29(20-4-7-24-26(15-20)48-31(35,36)46-24)21-5-8-25-27(16-21)49-32(37,38)47-25/h4-9,15-18,30H,1-3,10-14H2. The molecule has 0 N–H and O–H groups in total. The molecule has 2 aromatic heterocycles. The van der Waals surface area contributed by atoms with Crippen molar-refractivity contribution >= 4 is 16.6 Å². The first-order chi connectivity index (χ1) is 23.9. The van der Waals surface area contributed by atoms with Crippen molar-refractivity contribution < 1.29 is 54.2 Å². The second-order valence-corrected chi connectivity index (χ2v) is 12.9. The largest absolute Gasteiger partial charge is 0.586 e. The first kappa shape index (κ1) is 33.6. The van der Waals surface area contributed by atoms with Gasteiger partial charge in [-0.3, -0.25) is 0 Å². The lowest BCUT2D eigenvalue weighted by atomic mass is 9.88. The zero-order valence-corrected chi connectivity index (χ0v) is 26.7. The molecule has 50 heavy (non-hydrogen) atoms. The fraction of sp³-hybridized carbons (Fsp3) is 0.344. The van der Waals surface area contributed by atoms with Crippen molar-refractivity contribution in [3.05, 3.63) is 83.3 Å². The first-order valence-electron chi connectivity index (χ1n) is 15.4. The van der Waals surface area contributed by atoms with Gasteiger partial charge in [-0.15, -0.1) is 22.7 Å². The Kier molecular flexibility index (Phi) is 9.06. The number of nitrogens with zero attached hydrogens (tertiary/aromatic N) is 5. The first-order valence-corrected chi connectivity index (χ1v) is 16.5. The van der Waals surface area contributed by atoms with Crippen molar-refractivity contribution in [3.63, 3.8) is 0 Å². The highest BCUT2D eigenvalue weighted by molar-refractivity contribution is 7.83. The molecule has 264 valence electrons. The highest BCUT2D eigenvalue weighted by atomic mass is 32.2. The van der Waals surface area contributed by atoms with Gasteiger partial charge in [-0.2, -0.15) is 12.9 Å². The Labute approximate surface area is 282 Å². The minimum Gasteiger partial charge on any atom is -0.417 e. The molecule has 3 aliphatic rings. The molecule has 1 saturated heterocycles. The van der Waals surface area contributed by atoms with Gasteiger partial charge in [-0.25, -0.2) is 9.19 Å². The summed E-state index contributed by atoms with van der Waals surface area (Å²) in [5.74, 6) is -0.762. The average Bonchev–Trinajstić information content (AvgIpc) is 3.76. The Balaban J connectivity index is 0.974. The van der Waals surface area contributed by atoms with Crippen molar-refractivity contribution in [1.82, 2.24) is 24.3 Å². The molecule has 18 heteroatoms. The number of alkyl halides is 6. The van der Waals surface area contributed by atoms with Crippen LogP contribution >= 0.6 is 0 Å². The molecule has 0 aliphatic carbocycles. The van der Waals surface area contributed by atoms with E-state index in [9.17, 15) is 30.6 Å². The molecule has 2 aromatic carbocycles. The monoisotopic (exact) mass is 723 g/mol. The van der Waals surface area contributed by atoms with E-state index in [4.69, 9.17) is 0 Å². The normalized spacial score (nSPS) is 18.0. The number of likely N-dealkylation sites (tertiary alicyclic amines) is 1. The molecule has 1 unspecified atom stereocenters. The van der Waals surface area contributed by atoms with E-state index in [1.54, 1.807) is 18.3 Å². The van der Waals surface area contributed by atoms with Crippen LogP contribution in [0.1, 0.15) is 42.5 Å². The van der Waals surface area contributed by atoms with Crippen molar-refractivity contribution in [2.75, 3.05) is 19.6 Å². The van der Waals surface area contributed by atoms with Gasteiger partial charge in [0.25, 0.3) is 0 Å². The summed E-state index contributed by atoms with van der Waals surface area (Å²) in [6.07, 6.45) is -1.37. The average molecular weight is 724 g/mol. The van der Waals surface area contributed by atoms with E-state index >= 15 is 0 Å². The van der Waals surface area contributed by atoms with Crippen LogP contribution in [0.15, 0.2) is 71.4 Å². The van der Waals surface area contributed by atoms with Gasteiger partial charge in [0.1, 0.15) is 0 Å². The van der Waals surface area contributed by atoms with E-state index < -0.39 is 30.2 Å². The van der Waals surface area contributed by atoms with E-state index in [0.29, 0.717) is 54.7 Å². The van der Waals surface area contributed by atoms with E-state index in [-0.39, 0.29) is 33.8 Å². The smallest absolute Gasteiger partial charge is 0.417 e. The SMILES string of the molecule is O=S(c1ccc(OC(F)F)nc1)n1cc(CCCCN2CCC(=C(c3ccc4c(c3)OC(F)(F)O4)c3ccc4c(c3)OC(F)(F)O4)CC2)nn1. The van der Waals surface area contributed by atoms with E-state index in [0.717, 1.165) is 25.0 Å². The van der Waals surface area contributed by atoms with Gasteiger partial charge in [-0.1, -0.05) is 22.9 Å². The maximum atomic E-state index is 13.8. The van der Waals surface area contributed by atoms with Crippen LogP contribution in [0.2, 0.25) is 0 Å². The predicted octanol–water partition coefficient (Wildman–Crippen LogP) is 6.41. The lowest BCUT2D eigenvalue weighted by Crippen LogP contribution is -2.32. The number of pyridine rings is 1. The van der Waals surface area contributed by atoms with Crippen molar-refractivity contribution in [3.8, 4) is 28.9 Å². The molecule has 0 saturated carbocycles. The third-order valence-corrected chi connectivity index (χ3v) is 9.32. The summed E-state index contributed by atoms with van der Waals surface area (Å²) in [6, 6.07) is 11.5. The Bertz CT molecular complexity index is 1860. The summed E-state index contributed by atoms with van der Waals surface area (Å²) < 4.78 is 116. The van der Waals surface area contributed by atoms with Crippen LogP contribution < -0.4 is 23.7 Å². The molecule has 1 fully saturated rings. The second-order valence-electron chi connectivity index (χ2n) is 11.5. The molecule has 0 amide bonds. The summed E-state index contributed by atoms with van der Waals surface area (Å²) in [5.41, 5.74) is 3.46. The highest BCUT2D eigenvalue weighted by Crippen LogP contribution is 2.46. The summed E-state index contributed by atoms with van der Waals surface area (Å²) in [6.45, 7) is -0.819. The maximum Gasteiger partial charge on any atom is 0.586 e. The Morgan fingerprint density at radius 2 is 1.48 bits per heavy atom. The lowest BCUT2D eigenvalue weighted by Gasteiger charge is -2.30. The highest BCUT2D eigenvalue weighted by Gasteiger charge is 2.45. The van der Waals surface area contributed by atoms with Gasteiger partial charge in [0.05, 0.1) is 16.8 Å². The summed E-state index contributed by atoms with van der Waals surface area (Å²) >= 11 is 0. The van der Waals surface area contributed by atoms with E-state index in [1.807, 2.05) is 0 Å². The number of aryl methyl sites for hydroxylation is 1. The second kappa shape index (κ2) is 13.5. The van der Waals surface area contributed by atoms with Gasteiger partial charge < -0.3 is 28.6 Å². The zero-order chi connectivity index (χ0) is 35.0. The molecule has 0 bridgehead atoms. The van der Waals surface area contributed by atoms with Gasteiger partial charge in [-0.05, 0) is 85.7 Å². The fourth-order valence-corrected chi connectivity index (χ4v) is 6.80. The number of hydrogen-bond acceptors (Lipinski definition) is 10. The third-order valence-electron chi connectivity index (χ3n) is 8.16. The molecule has 0 spiro atoms. The number of unbranched alkanes of at least 4 members (excludes halogenated alkanes) is 1. The molecule has 3 aliphatic heterocycles. The summed E-state index contributed by atoms with van der Waals surface area (Å²) in [5, 5.41) is 8.02. The van der Waals surface area contributed by atoms with Crippen LogP contribution in [0.25, 0.3) is 5.57 Å². The number of hydrogen-bond donors (Lipinski definition) is 0. The molecular weight excluding hydrogens is 696 g/mol. The summed E-state index contributed by atoms with van der Waals surface area (Å²) in [7, 11) is -1.77. The molecule has 7 rings (SSSR count). The Morgan fingerprint density at radius 1 is 0.860 bits per heavy atom. The van der Waals surface area contributed by atoms with Crippen LogP contribution in [0.4, 0.5) is 26.3 Å². The van der Waals surface area contributed by atoms with Crippen molar-refractivity contribution in [2.45, 2.75) is 56.2 Å². The topological polar surface area (TPSA) is 110 Å². The number of halogens is 6. The molecular formula is C32H27F6N5O6S. The van der Waals surface area contributed by atoms with Gasteiger partial charge >= 0.3 is 19.2 Å². The van der Waals surface area contributed by atoms with Crippen molar-refractivity contribution in [2.24, 2.45) is 0 Å². The maximum absolute atomic E-state index is 13.8. The van der Waals surface area contributed by atoms with Gasteiger partial charge in [0.2, 0.25) is 5.88 Å². The Hall–Kier alpha value is -4.84. The predicted molar refractivity (Wildman–Crippen MR) is 163 cm³/mol. The number of piperidine rings is 1. The third kappa shape index (κ3) is 7.50. The van der Waals surface area contributed by atoms with Crippen molar-refractivity contribution in [1.29, 1.82) is 0 Å². The molecule has 1 atom stereocenters. The van der Waals surface area contributed by atoms with E-state index in [2.05, 4.69) is 43.9 Å². The number of benzene rings is 2. The molecule has 0 radical (unpaired) electrons. The van der Waals surface area contributed by atoms with Crippen LogP contribution in [-0.2, 0) is 17.4 Å². The molecule has 4 aromatic rings. The minimum absolute atomic E-state index is 0.105. The van der Waals surface area contributed by atoms with Crippen LogP contribution in [0, 0.1) is 0 Å². The molecule has 5 heterocycles. The minimum atomic E-state index is -3.79. The quantitative estimate of drug-likeness (QED) is 0.127. The van der Waals surface area contributed by atoms with Crippen LogP contribution in [0.5, 0.6) is 28.9 Å². The van der Waals surface area contributed by atoms with Crippen LogP contribution in [0.3, 0.4) is 0 Å². The van der Waals surface area contributed by atoms with Crippen LogP contribution in [-0.4, -0.2) is 67.3 Å². The fourth-order valence-electron chi connectivity index (χ4n) is 5.94. The lowest BCUT2D eigenvalue weighted by molar-refractivity contribution is -0.287. The van der Waals surface area contributed by atoms with E-state index in [1.165, 1.54) is 46.7 Å². The number of aromatic nitrogens is 4. The van der Waals surface area contributed by atoms with Gasteiger partial charge in [0, 0.05) is 25.4 Å². The number of fused-ring (bicyclic) bond motifs is 2. The molecule has 11 nitrogen and oxygen atoms in total. The van der Waals surface area contributed by atoms with Gasteiger partial charge in [0.15, 0.2) is 34.0 Å². The number of rotatable bonds is 11. The number of ether oxygens (including phenoxy) is 5. The Morgan fingerprint density at radius 3 is 2.06 bits per heavy atom. The summed E-state index contributed by atoms with van der Waals surface area (Å²) in [4.78, 5) is 6.26. The zero-order valence-electron chi connectivity index (χ0n) is 25.9.